The van der Waals surface area contributed by atoms with Crippen LogP contribution in [0.15, 0.2) is 17.1 Å². The number of hydrogen-bond donors (Lipinski definition) is 0. The molecule has 0 saturated heterocycles. The molecule has 18 heavy (non-hydrogen) atoms. The molecule has 0 aliphatic rings. The van der Waals surface area contributed by atoms with Crippen LogP contribution >= 0.6 is 0 Å². The van der Waals surface area contributed by atoms with E-state index in [-0.39, 0.29) is 12.3 Å². The van der Waals surface area contributed by atoms with Crippen molar-refractivity contribution < 1.29 is 26.3 Å². The second kappa shape index (κ2) is 4.33. The maximum Gasteiger partial charge on any atom is 0.418 e. The average molecular weight is 273 g/mol. The lowest BCUT2D eigenvalue weighted by molar-refractivity contribution is -0.162. The molecule has 1 aromatic rings. The Morgan fingerprint density at radius 3 is 1.78 bits per heavy atom. The highest BCUT2D eigenvalue weighted by molar-refractivity contribution is 5.29. The molecule has 1 rings (SSSR count). The van der Waals surface area contributed by atoms with Crippen molar-refractivity contribution in [3.05, 3.63) is 33.7 Å². The molecule has 0 spiro atoms. The molecular weight excluding hydrogens is 264 g/mol. The van der Waals surface area contributed by atoms with Gasteiger partial charge in [0.05, 0.1) is 11.1 Å². The molecule has 0 N–H and O–H groups in total. The van der Waals surface area contributed by atoms with Crippen LogP contribution in [-0.4, -0.2) is 4.57 Å². The Labute approximate surface area is 97.8 Å². The van der Waals surface area contributed by atoms with Crippen LogP contribution in [0, 0.1) is 0 Å². The molecule has 0 radical (unpaired) electrons. The predicted octanol–water partition coefficient (Wildman–Crippen LogP) is 3.47. The average Bonchev–Trinajstić information content (AvgIpc) is 2.13. The molecule has 0 fully saturated rings. The van der Waals surface area contributed by atoms with Gasteiger partial charge >= 0.3 is 12.4 Å². The Hall–Kier alpha value is -1.47. The van der Waals surface area contributed by atoms with E-state index in [1.54, 1.807) is 0 Å². The van der Waals surface area contributed by atoms with Gasteiger partial charge in [-0.2, -0.15) is 26.3 Å². The Morgan fingerprint density at radius 2 is 1.44 bits per heavy atom. The normalized spacial score (nSPS) is 13.2. The van der Waals surface area contributed by atoms with Gasteiger partial charge in [-0.3, -0.25) is 4.79 Å². The van der Waals surface area contributed by atoms with E-state index < -0.39 is 35.1 Å². The van der Waals surface area contributed by atoms with Gasteiger partial charge in [-0.1, -0.05) is 0 Å². The van der Waals surface area contributed by atoms with E-state index in [9.17, 15) is 31.1 Å². The third-order valence-corrected chi connectivity index (χ3v) is 2.25. The largest absolute Gasteiger partial charge is 0.418 e. The molecule has 8 heteroatoms. The predicted molar refractivity (Wildman–Crippen MR) is 51.1 cm³/mol. The van der Waals surface area contributed by atoms with Crippen LogP contribution in [0.1, 0.15) is 31.0 Å². The Bertz CT molecular complexity index is 497. The molecule has 0 unspecified atom stereocenters. The van der Waals surface area contributed by atoms with Crippen LogP contribution in [0.25, 0.3) is 0 Å². The van der Waals surface area contributed by atoms with Crippen LogP contribution in [-0.2, 0) is 12.4 Å². The summed E-state index contributed by atoms with van der Waals surface area (Å²) in [6.45, 7) is 2.80. The standard InChI is InChI=1S/C10H9F6NO/c1-5(2)17-4-7(10(14,15)16)6(3-8(17)18)9(11,12)13/h3-5H,1-2H3. The van der Waals surface area contributed by atoms with Gasteiger partial charge in [-0.05, 0) is 13.8 Å². The van der Waals surface area contributed by atoms with Crippen molar-refractivity contribution in [2.75, 3.05) is 0 Å². The van der Waals surface area contributed by atoms with E-state index in [0.29, 0.717) is 4.57 Å². The number of hydrogen-bond acceptors (Lipinski definition) is 1. The lowest BCUT2D eigenvalue weighted by Gasteiger charge is -2.18. The van der Waals surface area contributed by atoms with E-state index in [0.717, 1.165) is 0 Å². The summed E-state index contributed by atoms with van der Waals surface area (Å²) in [4.78, 5) is 11.3. The monoisotopic (exact) mass is 273 g/mol. The minimum absolute atomic E-state index is 0.0250. The fraction of sp³-hybridized carbons (Fsp3) is 0.500. The van der Waals surface area contributed by atoms with Gasteiger partial charge in [0.2, 0.25) is 0 Å². The van der Waals surface area contributed by atoms with Gasteiger partial charge in [0.1, 0.15) is 0 Å². The van der Waals surface area contributed by atoms with Crippen LogP contribution in [0.5, 0.6) is 0 Å². The quantitative estimate of drug-likeness (QED) is 0.718. The van der Waals surface area contributed by atoms with Gasteiger partial charge in [-0.25, -0.2) is 0 Å². The zero-order valence-corrected chi connectivity index (χ0v) is 9.36. The maximum atomic E-state index is 12.5. The molecular formula is C10H9F6NO. The van der Waals surface area contributed by atoms with E-state index in [1.165, 1.54) is 13.8 Å². The van der Waals surface area contributed by atoms with Crippen LogP contribution in [0.3, 0.4) is 0 Å². The van der Waals surface area contributed by atoms with Gasteiger partial charge < -0.3 is 4.57 Å². The molecule has 0 aromatic carbocycles. The molecule has 1 aromatic heterocycles. The molecule has 0 aliphatic heterocycles. The van der Waals surface area contributed by atoms with Crippen molar-refractivity contribution in [1.29, 1.82) is 0 Å². The molecule has 2 nitrogen and oxygen atoms in total. The Morgan fingerprint density at radius 1 is 1.00 bits per heavy atom. The van der Waals surface area contributed by atoms with Crippen molar-refractivity contribution in [3.63, 3.8) is 0 Å². The van der Waals surface area contributed by atoms with Crippen molar-refractivity contribution in [2.45, 2.75) is 32.2 Å². The SMILES string of the molecule is CC(C)n1cc(C(F)(F)F)c(C(F)(F)F)cc1=O. The molecule has 0 bridgehead atoms. The minimum atomic E-state index is -5.22. The summed E-state index contributed by atoms with van der Waals surface area (Å²) in [5.74, 6) is 0. The fourth-order valence-electron chi connectivity index (χ4n) is 1.41. The smallest absolute Gasteiger partial charge is 0.312 e. The Kier molecular flexibility index (Phi) is 3.51. The van der Waals surface area contributed by atoms with Crippen molar-refractivity contribution >= 4 is 0 Å². The molecule has 0 amide bonds. The minimum Gasteiger partial charge on any atom is -0.312 e. The highest BCUT2D eigenvalue weighted by atomic mass is 19.4. The van der Waals surface area contributed by atoms with Gasteiger partial charge in [0.25, 0.3) is 5.56 Å². The topological polar surface area (TPSA) is 22.0 Å². The van der Waals surface area contributed by atoms with E-state index >= 15 is 0 Å². The first kappa shape index (κ1) is 14.6. The fourth-order valence-corrected chi connectivity index (χ4v) is 1.41. The summed E-state index contributed by atoms with van der Waals surface area (Å²) >= 11 is 0. The lowest BCUT2D eigenvalue weighted by Crippen LogP contribution is -2.28. The second-order valence-corrected chi connectivity index (χ2v) is 3.94. The van der Waals surface area contributed by atoms with E-state index in [4.69, 9.17) is 0 Å². The summed E-state index contributed by atoms with van der Waals surface area (Å²) in [6.07, 6.45) is -10.2. The third kappa shape index (κ3) is 2.85. The third-order valence-electron chi connectivity index (χ3n) is 2.25. The summed E-state index contributed by atoms with van der Waals surface area (Å²) in [6, 6.07) is -0.691. The van der Waals surface area contributed by atoms with Gasteiger partial charge in [0.15, 0.2) is 0 Å². The van der Waals surface area contributed by atoms with Crippen LogP contribution in [0.4, 0.5) is 26.3 Å². The summed E-state index contributed by atoms with van der Waals surface area (Å²) in [7, 11) is 0. The number of pyridine rings is 1. The van der Waals surface area contributed by atoms with Crippen molar-refractivity contribution in [3.8, 4) is 0 Å². The number of alkyl halides is 6. The molecule has 102 valence electrons. The first-order valence-electron chi connectivity index (χ1n) is 4.85. The number of aromatic nitrogens is 1. The van der Waals surface area contributed by atoms with Crippen molar-refractivity contribution in [2.24, 2.45) is 0 Å². The molecule has 0 atom stereocenters. The lowest BCUT2D eigenvalue weighted by atomic mass is 10.1. The Balaban J connectivity index is 3.64. The van der Waals surface area contributed by atoms with Crippen LogP contribution in [0.2, 0.25) is 0 Å². The highest BCUT2D eigenvalue weighted by Gasteiger charge is 2.44. The molecule has 1 heterocycles. The van der Waals surface area contributed by atoms with Crippen LogP contribution < -0.4 is 5.56 Å². The number of rotatable bonds is 1. The first-order valence-corrected chi connectivity index (χ1v) is 4.85. The molecule has 0 saturated carbocycles. The second-order valence-electron chi connectivity index (χ2n) is 3.94. The highest BCUT2D eigenvalue weighted by Crippen LogP contribution is 2.39. The zero-order chi connectivity index (χ0) is 14.3. The number of halogens is 6. The zero-order valence-electron chi connectivity index (χ0n) is 9.36. The first-order chi connectivity index (χ1) is 7.94. The van der Waals surface area contributed by atoms with E-state index in [1.807, 2.05) is 0 Å². The van der Waals surface area contributed by atoms with Gasteiger partial charge in [-0.15, -0.1) is 0 Å². The van der Waals surface area contributed by atoms with E-state index in [2.05, 4.69) is 0 Å². The maximum absolute atomic E-state index is 12.5. The van der Waals surface area contributed by atoms with Gasteiger partial charge in [0, 0.05) is 18.3 Å². The molecule has 0 aliphatic carbocycles. The summed E-state index contributed by atoms with van der Waals surface area (Å²) in [5.41, 5.74) is -4.94. The number of nitrogens with zero attached hydrogens (tertiary/aromatic N) is 1. The summed E-state index contributed by atoms with van der Waals surface area (Å²) in [5, 5.41) is 0. The van der Waals surface area contributed by atoms with Crippen molar-refractivity contribution in [1.82, 2.24) is 4.57 Å². The summed E-state index contributed by atoms with van der Waals surface area (Å²) < 4.78 is 75.6.